The van der Waals surface area contributed by atoms with E-state index in [9.17, 15) is 18.0 Å². The molecule has 0 aromatic heterocycles. The average molecular weight is 333 g/mol. The predicted octanol–water partition coefficient (Wildman–Crippen LogP) is 0.589. The van der Waals surface area contributed by atoms with Crippen LogP contribution in [0.25, 0.3) is 0 Å². The van der Waals surface area contributed by atoms with Crippen molar-refractivity contribution in [3.63, 3.8) is 0 Å². The van der Waals surface area contributed by atoms with Crippen molar-refractivity contribution < 1.29 is 18.0 Å². The van der Waals surface area contributed by atoms with Crippen LogP contribution in [0.5, 0.6) is 0 Å². The Balaban J connectivity index is 1.90. The van der Waals surface area contributed by atoms with E-state index >= 15 is 0 Å². The lowest BCUT2D eigenvalue weighted by atomic mass is 10.2. The van der Waals surface area contributed by atoms with Gasteiger partial charge in [-0.05, 0) is 29.8 Å². The maximum atomic E-state index is 11.7. The van der Waals surface area contributed by atoms with Crippen LogP contribution >= 0.6 is 0 Å². The number of nitrogens with one attached hydrogen (secondary N) is 2. The number of rotatable bonds is 4. The van der Waals surface area contributed by atoms with Gasteiger partial charge in [-0.25, -0.2) is 13.6 Å². The van der Waals surface area contributed by atoms with Crippen molar-refractivity contribution in [2.75, 3.05) is 5.32 Å². The van der Waals surface area contributed by atoms with E-state index in [1.165, 1.54) is 24.3 Å². The van der Waals surface area contributed by atoms with Crippen LogP contribution < -0.4 is 15.8 Å². The second-order valence-corrected chi connectivity index (χ2v) is 6.25. The Morgan fingerprint density at radius 3 is 2.09 bits per heavy atom. The number of benzene rings is 2. The Morgan fingerprint density at radius 2 is 1.52 bits per heavy atom. The van der Waals surface area contributed by atoms with E-state index in [-0.39, 0.29) is 11.4 Å². The lowest BCUT2D eigenvalue weighted by molar-refractivity contribution is -0.136. The quantitative estimate of drug-likeness (QED) is 0.709. The molecular formula is C15H15N3O4S. The number of primary sulfonamides is 1. The number of amides is 2. The van der Waals surface area contributed by atoms with Gasteiger partial charge >= 0.3 is 11.8 Å². The molecule has 2 amide bonds. The number of hydrogen-bond acceptors (Lipinski definition) is 4. The molecule has 0 aliphatic heterocycles. The van der Waals surface area contributed by atoms with Gasteiger partial charge in [0.2, 0.25) is 10.0 Å². The Bertz CT molecular complexity index is 802. The van der Waals surface area contributed by atoms with Crippen molar-refractivity contribution >= 4 is 27.5 Å². The van der Waals surface area contributed by atoms with Gasteiger partial charge in [0.25, 0.3) is 0 Å². The molecule has 120 valence electrons. The number of hydrogen-bond donors (Lipinski definition) is 3. The van der Waals surface area contributed by atoms with Crippen LogP contribution in [0.1, 0.15) is 5.56 Å². The fourth-order valence-corrected chi connectivity index (χ4v) is 2.28. The van der Waals surface area contributed by atoms with Crippen molar-refractivity contribution in [2.45, 2.75) is 11.4 Å². The zero-order valence-electron chi connectivity index (χ0n) is 12.0. The Kier molecular flexibility index (Phi) is 5.09. The SMILES string of the molecule is NS(=O)(=O)c1ccc(CNC(=O)C(=O)Nc2ccccc2)cc1. The predicted molar refractivity (Wildman–Crippen MR) is 84.7 cm³/mol. The number of carbonyl (C=O) groups is 2. The summed E-state index contributed by atoms with van der Waals surface area (Å²) in [4.78, 5) is 23.4. The van der Waals surface area contributed by atoms with Gasteiger partial charge < -0.3 is 10.6 Å². The first-order chi connectivity index (χ1) is 10.9. The van der Waals surface area contributed by atoms with E-state index in [2.05, 4.69) is 10.6 Å². The number of para-hydroxylation sites is 1. The molecule has 0 spiro atoms. The summed E-state index contributed by atoms with van der Waals surface area (Å²) in [6.45, 7) is 0.0892. The van der Waals surface area contributed by atoms with Crippen LogP contribution in [0.15, 0.2) is 59.5 Å². The third-order valence-electron chi connectivity index (χ3n) is 2.94. The summed E-state index contributed by atoms with van der Waals surface area (Å²) >= 11 is 0. The van der Waals surface area contributed by atoms with E-state index in [1.807, 2.05) is 0 Å². The summed E-state index contributed by atoms with van der Waals surface area (Å²) in [6, 6.07) is 14.3. The van der Waals surface area contributed by atoms with E-state index in [4.69, 9.17) is 5.14 Å². The summed E-state index contributed by atoms with van der Waals surface area (Å²) in [5.74, 6) is -1.57. The van der Waals surface area contributed by atoms with Gasteiger partial charge in [0.05, 0.1) is 4.90 Å². The normalized spacial score (nSPS) is 10.8. The molecule has 0 saturated carbocycles. The lowest BCUT2D eigenvalue weighted by Gasteiger charge is -2.07. The lowest BCUT2D eigenvalue weighted by Crippen LogP contribution is -2.34. The van der Waals surface area contributed by atoms with Gasteiger partial charge in [0, 0.05) is 12.2 Å². The van der Waals surface area contributed by atoms with Crippen LogP contribution in [0.3, 0.4) is 0 Å². The largest absolute Gasteiger partial charge is 0.344 e. The molecule has 0 aliphatic carbocycles. The molecule has 0 unspecified atom stereocenters. The Labute approximate surface area is 133 Å². The van der Waals surface area contributed by atoms with Gasteiger partial charge in [-0.15, -0.1) is 0 Å². The highest BCUT2D eigenvalue weighted by atomic mass is 32.2. The summed E-state index contributed by atoms with van der Waals surface area (Å²) in [6.07, 6.45) is 0. The third-order valence-corrected chi connectivity index (χ3v) is 3.87. The zero-order valence-corrected chi connectivity index (χ0v) is 12.8. The van der Waals surface area contributed by atoms with Crippen molar-refractivity contribution in [1.82, 2.24) is 5.32 Å². The fourth-order valence-electron chi connectivity index (χ4n) is 1.77. The molecule has 0 fully saturated rings. The van der Waals surface area contributed by atoms with Gasteiger partial charge in [0.1, 0.15) is 0 Å². The number of nitrogens with two attached hydrogens (primary N) is 1. The van der Waals surface area contributed by atoms with E-state index < -0.39 is 21.8 Å². The summed E-state index contributed by atoms with van der Waals surface area (Å²) in [5.41, 5.74) is 1.16. The molecule has 0 heterocycles. The van der Waals surface area contributed by atoms with Crippen LogP contribution in [0, 0.1) is 0 Å². The first-order valence-electron chi connectivity index (χ1n) is 6.62. The number of anilines is 1. The van der Waals surface area contributed by atoms with Gasteiger partial charge in [0.15, 0.2) is 0 Å². The maximum Gasteiger partial charge on any atom is 0.313 e. The molecule has 8 heteroatoms. The van der Waals surface area contributed by atoms with Gasteiger partial charge in [-0.2, -0.15) is 0 Å². The van der Waals surface area contributed by atoms with Crippen molar-refractivity contribution in [2.24, 2.45) is 5.14 Å². The minimum Gasteiger partial charge on any atom is -0.344 e. The van der Waals surface area contributed by atoms with E-state index in [0.717, 1.165) is 0 Å². The number of sulfonamides is 1. The molecule has 0 atom stereocenters. The maximum absolute atomic E-state index is 11.7. The highest BCUT2D eigenvalue weighted by Gasteiger charge is 2.13. The first-order valence-corrected chi connectivity index (χ1v) is 8.17. The topological polar surface area (TPSA) is 118 Å². The van der Waals surface area contributed by atoms with Crippen LogP contribution in [0.4, 0.5) is 5.69 Å². The fraction of sp³-hybridized carbons (Fsp3) is 0.0667. The monoisotopic (exact) mass is 333 g/mol. The van der Waals surface area contributed by atoms with Crippen molar-refractivity contribution in [3.8, 4) is 0 Å². The van der Waals surface area contributed by atoms with Crippen LogP contribution in [-0.4, -0.2) is 20.2 Å². The second kappa shape index (κ2) is 7.03. The van der Waals surface area contributed by atoms with E-state index in [0.29, 0.717) is 11.3 Å². The molecule has 0 saturated heterocycles. The van der Waals surface area contributed by atoms with E-state index in [1.54, 1.807) is 30.3 Å². The van der Waals surface area contributed by atoms with Crippen molar-refractivity contribution in [3.05, 3.63) is 60.2 Å². The molecular weight excluding hydrogens is 318 g/mol. The smallest absolute Gasteiger partial charge is 0.313 e. The molecule has 7 nitrogen and oxygen atoms in total. The van der Waals surface area contributed by atoms with Gasteiger partial charge in [-0.3, -0.25) is 9.59 Å². The molecule has 2 aromatic rings. The standard InChI is InChI=1S/C15H15N3O4S/c16-23(21,22)13-8-6-11(7-9-13)10-17-14(19)15(20)18-12-4-2-1-3-5-12/h1-9H,10H2,(H,17,19)(H,18,20)(H2,16,21,22). The summed E-state index contributed by atoms with van der Waals surface area (Å²) in [7, 11) is -3.75. The summed E-state index contributed by atoms with van der Waals surface area (Å²) in [5, 5.41) is 9.90. The zero-order chi connectivity index (χ0) is 16.9. The molecule has 0 radical (unpaired) electrons. The molecule has 2 rings (SSSR count). The first kappa shape index (κ1) is 16.7. The minimum atomic E-state index is -3.75. The molecule has 23 heavy (non-hydrogen) atoms. The Morgan fingerprint density at radius 1 is 0.913 bits per heavy atom. The third kappa shape index (κ3) is 4.90. The van der Waals surface area contributed by atoms with Crippen LogP contribution in [0.2, 0.25) is 0 Å². The highest BCUT2D eigenvalue weighted by Crippen LogP contribution is 2.08. The average Bonchev–Trinajstić information content (AvgIpc) is 2.53. The summed E-state index contributed by atoms with van der Waals surface area (Å²) < 4.78 is 22.3. The van der Waals surface area contributed by atoms with Crippen molar-refractivity contribution in [1.29, 1.82) is 0 Å². The van der Waals surface area contributed by atoms with Gasteiger partial charge in [-0.1, -0.05) is 30.3 Å². The second-order valence-electron chi connectivity index (χ2n) is 4.69. The molecule has 0 aliphatic rings. The molecule has 4 N–H and O–H groups in total. The van der Waals surface area contributed by atoms with Crippen LogP contribution in [-0.2, 0) is 26.2 Å². The Hall–Kier alpha value is -2.71. The molecule has 2 aromatic carbocycles. The number of carbonyl (C=O) groups excluding carboxylic acids is 2. The highest BCUT2D eigenvalue weighted by molar-refractivity contribution is 7.89. The molecule has 0 bridgehead atoms. The minimum absolute atomic E-state index is 0.0191.